The van der Waals surface area contributed by atoms with Crippen molar-refractivity contribution in [2.75, 3.05) is 13.1 Å². The molecule has 1 aromatic heterocycles. The van der Waals surface area contributed by atoms with Crippen molar-refractivity contribution in [2.24, 2.45) is 5.92 Å². The van der Waals surface area contributed by atoms with E-state index in [4.69, 9.17) is 5.11 Å². The van der Waals surface area contributed by atoms with Crippen molar-refractivity contribution in [3.8, 4) is 0 Å². The molecule has 2 rings (SSSR count). The van der Waals surface area contributed by atoms with Gasteiger partial charge in [-0.25, -0.2) is 14.8 Å². The van der Waals surface area contributed by atoms with Gasteiger partial charge in [-0.3, -0.25) is 4.79 Å². The Kier molecular flexibility index (Phi) is 3.55. The highest BCUT2D eigenvalue weighted by Crippen LogP contribution is 2.18. The molecule has 1 saturated heterocycles. The molecule has 1 aliphatic rings. The number of aromatic carboxylic acids is 1. The zero-order valence-corrected chi connectivity index (χ0v) is 10.2. The van der Waals surface area contributed by atoms with Crippen LogP contribution < -0.4 is 0 Å². The molecular weight excluding hydrogens is 234 g/mol. The van der Waals surface area contributed by atoms with Gasteiger partial charge in [-0.2, -0.15) is 0 Å². The summed E-state index contributed by atoms with van der Waals surface area (Å²) in [6, 6.07) is 0. The molecule has 0 spiro atoms. The van der Waals surface area contributed by atoms with Crippen LogP contribution in [0.3, 0.4) is 0 Å². The zero-order valence-electron chi connectivity index (χ0n) is 10.2. The largest absolute Gasteiger partial charge is 0.476 e. The third kappa shape index (κ3) is 2.47. The number of nitrogens with zero attached hydrogens (tertiary/aromatic N) is 3. The first kappa shape index (κ1) is 12.5. The summed E-state index contributed by atoms with van der Waals surface area (Å²) >= 11 is 0. The number of likely N-dealkylation sites (tertiary alicyclic amines) is 1. The standard InChI is InChI=1S/C12H15N3O3/c1-8-3-2-6-15(7-8)11(16)9-10(12(17)18)14-5-4-13-9/h4-5,8H,2-3,6-7H2,1H3,(H,17,18). The van der Waals surface area contributed by atoms with Gasteiger partial charge in [-0.1, -0.05) is 6.92 Å². The number of hydrogen-bond donors (Lipinski definition) is 1. The first-order valence-corrected chi connectivity index (χ1v) is 5.93. The number of rotatable bonds is 2. The van der Waals surface area contributed by atoms with E-state index in [1.807, 2.05) is 0 Å². The van der Waals surface area contributed by atoms with Crippen molar-refractivity contribution in [1.82, 2.24) is 14.9 Å². The first-order valence-electron chi connectivity index (χ1n) is 5.93. The van der Waals surface area contributed by atoms with Crippen LogP contribution in [0, 0.1) is 5.92 Å². The monoisotopic (exact) mass is 249 g/mol. The molecule has 0 radical (unpaired) electrons. The van der Waals surface area contributed by atoms with E-state index in [9.17, 15) is 9.59 Å². The summed E-state index contributed by atoms with van der Waals surface area (Å²) in [6.45, 7) is 3.38. The highest BCUT2D eigenvalue weighted by atomic mass is 16.4. The van der Waals surface area contributed by atoms with Gasteiger partial charge in [0.25, 0.3) is 5.91 Å². The van der Waals surface area contributed by atoms with E-state index in [0.717, 1.165) is 12.8 Å². The molecular formula is C12H15N3O3. The second kappa shape index (κ2) is 5.12. The molecule has 6 nitrogen and oxygen atoms in total. The molecule has 1 amide bonds. The minimum atomic E-state index is -1.23. The van der Waals surface area contributed by atoms with Crippen molar-refractivity contribution in [2.45, 2.75) is 19.8 Å². The fourth-order valence-corrected chi connectivity index (χ4v) is 2.17. The number of hydrogen-bond acceptors (Lipinski definition) is 4. The zero-order chi connectivity index (χ0) is 13.1. The summed E-state index contributed by atoms with van der Waals surface area (Å²) in [5.74, 6) is -1.13. The molecule has 0 aliphatic carbocycles. The maximum atomic E-state index is 12.2. The Morgan fingerprint density at radius 2 is 2.00 bits per heavy atom. The van der Waals surface area contributed by atoms with Crippen LogP contribution in [-0.4, -0.2) is 44.9 Å². The second-order valence-corrected chi connectivity index (χ2v) is 4.56. The molecule has 96 valence electrons. The van der Waals surface area contributed by atoms with Gasteiger partial charge in [0.05, 0.1) is 0 Å². The van der Waals surface area contributed by atoms with Crippen molar-refractivity contribution in [3.05, 3.63) is 23.8 Å². The molecule has 1 aromatic rings. The van der Waals surface area contributed by atoms with E-state index >= 15 is 0 Å². The van der Waals surface area contributed by atoms with Gasteiger partial charge in [0.2, 0.25) is 0 Å². The van der Waals surface area contributed by atoms with Crippen LogP contribution in [0.4, 0.5) is 0 Å². The summed E-state index contributed by atoms with van der Waals surface area (Å²) in [6.07, 6.45) is 4.65. The maximum Gasteiger partial charge on any atom is 0.356 e. The quantitative estimate of drug-likeness (QED) is 0.846. The Morgan fingerprint density at radius 1 is 1.33 bits per heavy atom. The topological polar surface area (TPSA) is 83.4 Å². The third-order valence-corrected chi connectivity index (χ3v) is 3.05. The van der Waals surface area contributed by atoms with Gasteiger partial charge in [0, 0.05) is 25.5 Å². The van der Waals surface area contributed by atoms with Crippen molar-refractivity contribution < 1.29 is 14.7 Å². The molecule has 2 heterocycles. The van der Waals surface area contributed by atoms with Crippen LogP contribution >= 0.6 is 0 Å². The highest BCUT2D eigenvalue weighted by Gasteiger charge is 2.27. The molecule has 1 atom stereocenters. The Bertz CT molecular complexity index is 475. The number of amides is 1. The average Bonchev–Trinajstić information content (AvgIpc) is 2.38. The van der Waals surface area contributed by atoms with E-state index < -0.39 is 5.97 Å². The summed E-state index contributed by atoms with van der Waals surface area (Å²) in [5.41, 5.74) is -0.347. The molecule has 0 saturated carbocycles. The summed E-state index contributed by atoms with van der Waals surface area (Å²) in [5, 5.41) is 8.99. The molecule has 1 fully saturated rings. The first-order chi connectivity index (χ1) is 8.59. The van der Waals surface area contributed by atoms with Crippen LogP contribution in [0.15, 0.2) is 12.4 Å². The molecule has 1 N–H and O–H groups in total. The van der Waals surface area contributed by atoms with Gasteiger partial charge in [0.15, 0.2) is 11.4 Å². The van der Waals surface area contributed by atoms with Crippen molar-refractivity contribution in [1.29, 1.82) is 0 Å². The van der Waals surface area contributed by atoms with E-state index in [1.54, 1.807) is 4.90 Å². The van der Waals surface area contributed by atoms with E-state index in [-0.39, 0.29) is 17.3 Å². The number of aromatic nitrogens is 2. The lowest BCUT2D eigenvalue weighted by Crippen LogP contribution is -2.40. The predicted octanol–water partition coefficient (Wildman–Crippen LogP) is 1.05. The SMILES string of the molecule is CC1CCCN(C(=O)c2nccnc2C(=O)O)C1. The number of piperidine rings is 1. The smallest absolute Gasteiger partial charge is 0.356 e. The molecule has 0 aromatic carbocycles. The minimum Gasteiger partial charge on any atom is -0.476 e. The van der Waals surface area contributed by atoms with Crippen molar-refractivity contribution >= 4 is 11.9 Å². The molecule has 1 aliphatic heterocycles. The van der Waals surface area contributed by atoms with Crippen LogP contribution in [0.2, 0.25) is 0 Å². The van der Waals surface area contributed by atoms with Gasteiger partial charge >= 0.3 is 5.97 Å². The normalized spacial score (nSPS) is 19.6. The summed E-state index contributed by atoms with van der Waals surface area (Å²) in [4.78, 5) is 32.5. The third-order valence-electron chi connectivity index (χ3n) is 3.05. The lowest BCUT2D eigenvalue weighted by molar-refractivity contribution is 0.0637. The number of carboxylic acids is 1. The number of carbonyl (C=O) groups excluding carboxylic acids is 1. The minimum absolute atomic E-state index is 0.0703. The van der Waals surface area contributed by atoms with E-state index in [1.165, 1.54) is 12.4 Å². The average molecular weight is 249 g/mol. The fourth-order valence-electron chi connectivity index (χ4n) is 2.17. The van der Waals surface area contributed by atoms with E-state index in [0.29, 0.717) is 19.0 Å². The number of carboxylic acid groups (broad SMARTS) is 1. The van der Waals surface area contributed by atoms with Crippen LogP contribution in [0.5, 0.6) is 0 Å². The lowest BCUT2D eigenvalue weighted by Gasteiger charge is -2.30. The Balaban J connectivity index is 2.25. The Morgan fingerprint density at radius 3 is 2.61 bits per heavy atom. The van der Waals surface area contributed by atoms with Gasteiger partial charge < -0.3 is 10.0 Å². The van der Waals surface area contributed by atoms with Crippen LogP contribution in [-0.2, 0) is 0 Å². The lowest BCUT2D eigenvalue weighted by atomic mass is 10.00. The summed E-state index contributed by atoms with van der Waals surface area (Å²) in [7, 11) is 0. The highest BCUT2D eigenvalue weighted by molar-refractivity contribution is 6.01. The van der Waals surface area contributed by atoms with Crippen molar-refractivity contribution in [3.63, 3.8) is 0 Å². The van der Waals surface area contributed by atoms with E-state index in [2.05, 4.69) is 16.9 Å². The predicted molar refractivity (Wildman–Crippen MR) is 63.3 cm³/mol. The molecule has 6 heteroatoms. The fraction of sp³-hybridized carbons (Fsp3) is 0.500. The Labute approximate surface area is 105 Å². The molecule has 0 bridgehead atoms. The van der Waals surface area contributed by atoms with Gasteiger partial charge in [-0.05, 0) is 18.8 Å². The Hall–Kier alpha value is -1.98. The van der Waals surface area contributed by atoms with Crippen LogP contribution in [0.25, 0.3) is 0 Å². The second-order valence-electron chi connectivity index (χ2n) is 4.56. The van der Waals surface area contributed by atoms with Gasteiger partial charge in [0.1, 0.15) is 0 Å². The number of carbonyl (C=O) groups is 2. The molecule has 1 unspecified atom stereocenters. The van der Waals surface area contributed by atoms with Crippen LogP contribution in [0.1, 0.15) is 40.7 Å². The summed E-state index contributed by atoms with van der Waals surface area (Å²) < 4.78 is 0. The maximum absolute atomic E-state index is 12.2. The molecule has 18 heavy (non-hydrogen) atoms. The van der Waals surface area contributed by atoms with Gasteiger partial charge in [-0.15, -0.1) is 0 Å².